The van der Waals surface area contributed by atoms with E-state index in [1.165, 1.54) is 6.07 Å². The van der Waals surface area contributed by atoms with Crippen molar-refractivity contribution in [3.8, 4) is 0 Å². The van der Waals surface area contributed by atoms with Crippen LogP contribution in [0.15, 0.2) is 36.4 Å². The fourth-order valence-corrected chi connectivity index (χ4v) is 4.42. The number of hydrogen-bond donors (Lipinski definition) is 1. The molecule has 0 saturated heterocycles. The van der Waals surface area contributed by atoms with Crippen LogP contribution in [0.5, 0.6) is 0 Å². The molecule has 0 spiro atoms. The number of anilines is 1. The normalized spacial score (nSPS) is 16.3. The molecule has 1 atom stereocenters. The highest BCUT2D eigenvalue weighted by Crippen LogP contribution is 2.39. The third kappa shape index (κ3) is 5.46. The number of nitrogens with zero attached hydrogens (tertiary/aromatic N) is 2. The van der Waals surface area contributed by atoms with E-state index >= 15 is 0 Å². The Kier molecular flexibility index (Phi) is 7.54. The number of halogens is 5. The predicted octanol–water partition coefficient (Wildman–Crippen LogP) is 5.29. The molecule has 1 aliphatic rings. The lowest BCUT2D eigenvalue weighted by molar-refractivity contribution is -0.199. The maximum Gasteiger partial charge on any atom is 0.493 e. The van der Waals surface area contributed by atoms with Gasteiger partial charge in [-0.2, -0.15) is 13.2 Å². The zero-order chi connectivity index (χ0) is 23.6. The molecular formula is C21H20Cl2F3N3O2S. The van der Waals surface area contributed by atoms with E-state index in [-0.39, 0.29) is 16.7 Å². The summed E-state index contributed by atoms with van der Waals surface area (Å²) in [5, 5.41) is 4.26. The van der Waals surface area contributed by atoms with Crippen molar-refractivity contribution in [1.29, 1.82) is 0 Å². The van der Waals surface area contributed by atoms with Gasteiger partial charge in [0, 0.05) is 35.6 Å². The first-order valence-electron chi connectivity index (χ1n) is 9.64. The number of likely N-dealkylation sites (N-methyl/N-ethyl adjacent to an activating group) is 1. The van der Waals surface area contributed by atoms with Gasteiger partial charge in [-0.3, -0.25) is 0 Å². The van der Waals surface area contributed by atoms with Crippen LogP contribution >= 0.6 is 35.4 Å². The molecule has 1 N–H and O–H groups in total. The van der Waals surface area contributed by atoms with Crippen molar-refractivity contribution in [2.24, 2.45) is 0 Å². The summed E-state index contributed by atoms with van der Waals surface area (Å²) in [6.07, 6.45) is -5.17. The van der Waals surface area contributed by atoms with Crippen molar-refractivity contribution in [2.75, 3.05) is 25.2 Å². The summed E-state index contributed by atoms with van der Waals surface area (Å²) in [7, 11) is 1.95. The minimum absolute atomic E-state index is 0.159. The highest BCUT2D eigenvalue weighted by atomic mass is 35.5. The molecule has 172 valence electrons. The summed E-state index contributed by atoms with van der Waals surface area (Å²) in [5.41, 5.74) is 2.82. The fourth-order valence-electron chi connectivity index (χ4n) is 3.57. The third-order valence-corrected chi connectivity index (χ3v) is 5.78. The van der Waals surface area contributed by atoms with Crippen LogP contribution in [0.25, 0.3) is 0 Å². The summed E-state index contributed by atoms with van der Waals surface area (Å²) >= 11 is 17.8. The molecule has 0 saturated carbocycles. The smallest absolute Gasteiger partial charge is 0.360 e. The first kappa shape index (κ1) is 24.6. The van der Waals surface area contributed by atoms with Gasteiger partial charge in [0.25, 0.3) is 0 Å². The minimum Gasteiger partial charge on any atom is -0.360 e. The Morgan fingerprint density at radius 3 is 2.69 bits per heavy atom. The van der Waals surface area contributed by atoms with Crippen molar-refractivity contribution < 1.29 is 22.8 Å². The van der Waals surface area contributed by atoms with Gasteiger partial charge in [0.1, 0.15) is 0 Å². The molecular weight excluding hydrogens is 486 g/mol. The van der Waals surface area contributed by atoms with Gasteiger partial charge in [0.15, 0.2) is 0 Å². The fraction of sp³-hybridized carbons (Fsp3) is 0.333. The van der Waals surface area contributed by atoms with E-state index in [1.54, 1.807) is 25.1 Å². The lowest BCUT2D eigenvalue weighted by Crippen LogP contribution is -2.44. The molecule has 1 unspecified atom stereocenters. The van der Waals surface area contributed by atoms with Crippen LogP contribution < -0.4 is 10.4 Å². The highest BCUT2D eigenvalue weighted by molar-refractivity contribution is 7.80. The minimum atomic E-state index is -5.17. The van der Waals surface area contributed by atoms with Crippen molar-refractivity contribution in [3.05, 3.63) is 63.1 Å². The highest BCUT2D eigenvalue weighted by Gasteiger charge is 2.43. The number of carbonyl (C=O) groups is 1. The second-order valence-corrected chi connectivity index (χ2v) is 8.54. The Hall–Kier alpha value is -2.07. The lowest BCUT2D eigenvalue weighted by atomic mass is 9.84. The molecule has 0 amide bonds. The number of fused-ring (bicyclic) bond motifs is 1. The van der Waals surface area contributed by atoms with Crippen LogP contribution in [0.4, 0.5) is 18.9 Å². The number of thiocarbonyl (C=S) groups is 1. The lowest BCUT2D eigenvalue weighted by Gasteiger charge is -2.34. The first-order chi connectivity index (χ1) is 15.0. The molecule has 32 heavy (non-hydrogen) atoms. The Morgan fingerprint density at radius 1 is 1.31 bits per heavy atom. The van der Waals surface area contributed by atoms with Crippen LogP contribution in [0.1, 0.15) is 29.5 Å². The van der Waals surface area contributed by atoms with Crippen LogP contribution in [-0.2, 0) is 16.2 Å². The Balaban J connectivity index is 2.03. The van der Waals surface area contributed by atoms with E-state index in [1.807, 2.05) is 19.2 Å². The average Bonchev–Trinajstić information content (AvgIpc) is 2.71. The molecule has 0 radical (unpaired) electrons. The van der Waals surface area contributed by atoms with Crippen molar-refractivity contribution in [3.63, 3.8) is 0 Å². The van der Waals surface area contributed by atoms with Gasteiger partial charge < -0.3 is 15.1 Å². The maximum absolute atomic E-state index is 12.8. The molecule has 2 aromatic rings. The van der Waals surface area contributed by atoms with E-state index < -0.39 is 12.1 Å². The topological polar surface area (TPSA) is 44.8 Å². The van der Waals surface area contributed by atoms with Gasteiger partial charge in [0.2, 0.25) is 5.11 Å². The number of alkyl halides is 3. The third-order valence-electron chi connectivity index (χ3n) is 4.92. The molecule has 3 rings (SSSR count). The summed E-state index contributed by atoms with van der Waals surface area (Å²) < 4.78 is 38.5. The van der Waals surface area contributed by atoms with Gasteiger partial charge in [-0.25, -0.2) is 4.79 Å². The van der Waals surface area contributed by atoms with Crippen LogP contribution in [0.2, 0.25) is 10.0 Å². The number of benzene rings is 2. The SMILES string of the molecule is CCNC(=S)N(OC(=O)C(F)(F)F)c1cccc(C2CN(C)Cc3c(Cl)cc(Cl)cc32)c1. The van der Waals surface area contributed by atoms with Crippen molar-refractivity contribution in [2.45, 2.75) is 25.6 Å². The van der Waals surface area contributed by atoms with Gasteiger partial charge in [0.05, 0.1) is 5.69 Å². The standard InChI is InChI=1S/C21H20Cl2F3N3O2S/c1-3-27-20(32)29(31-19(30)21(24,25)26)14-6-4-5-12(7-14)16-10-28(2)11-17-15(16)8-13(22)9-18(17)23/h4-9,16H,3,10-11H2,1-2H3,(H,27,32). The van der Waals surface area contributed by atoms with Gasteiger partial charge >= 0.3 is 12.1 Å². The second-order valence-electron chi connectivity index (χ2n) is 7.31. The van der Waals surface area contributed by atoms with Crippen LogP contribution in [-0.4, -0.2) is 42.3 Å². The van der Waals surface area contributed by atoms with E-state index in [0.717, 1.165) is 16.7 Å². The van der Waals surface area contributed by atoms with Crippen molar-refractivity contribution in [1.82, 2.24) is 10.2 Å². The van der Waals surface area contributed by atoms with Gasteiger partial charge in [-0.15, -0.1) is 5.06 Å². The van der Waals surface area contributed by atoms with E-state index in [2.05, 4.69) is 15.1 Å². The van der Waals surface area contributed by atoms with E-state index in [9.17, 15) is 18.0 Å². The van der Waals surface area contributed by atoms with Crippen molar-refractivity contribution >= 4 is 52.2 Å². The van der Waals surface area contributed by atoms with E-state index in [0.29, 0.717) is 34.7 Å². The number of hydrogen-bond acceptors (Lipinski definition) is 4. The Labute approximate surface area is 199 Å². The molecule has 1 aliphatic heterocycles. The maximum atomic E-state index is 12.8. The molecule has 5 nitrogen and oxygen atoms in total. The molecule has 2 aromatic carbocycles. The van der Waals surface area contributed by atoms with Gasteiger partial charge in [-0.1, -0.05) is 35.3 Å². The first-order valence-corrected chi connectivity index (χ1v) is 10.8. The second kappa shape index (κ2) is 9.82. The largest absolute Gasteiger partial charge is 0.493 e. The summed E-state index contributed by atoms with van der Waals surface area (Å²) in [6.45, 7) is 3.32. The molecule has 0 bridgehead atoms. The number of rotatable bonds is 3. The van der Waals surface area contributed by atoms with Crippen LogP contribution in [0, 0.1) is 0 Å². The van der Waals surface area contributed by atoms with E-state index in [4.69, 9.17) is 35.4 Å². The quantitative estimate of drug-likeness (QED) is 0.451. The molecule has 0 aromatic heterocycles. The molecule has 0 fully saturated rings. The monoisotopic (exact) mass is 505 g/mol. The molecule has 1 heterocycles. The zero-order valence-electron chi connectivity index (χ0n) is 17.2. The van der Waals surface area contributed by atoms with Crippen LogP contribution in [0.3, 0.4) is 0 Å². The summed E-state index contributed by atoms with van der Waals surface area (Å²) in [5.74, 6) is -2.53. The predicted molar refractivity (Wildman–Crippen MR) is 122 cm³/mol. The molecule has 11 heteroatoms. The number of carbonyl (C=O) groups excluding carboxylic acids is 1. The molecule has 0 aliphatic carbocycles. The zero-order valence-corrected chi connectivity index (χ0v) is 19.5. The average molecular weight is 506 g/mol. The Morgan fingerprint density at radius 2 is 2.03 bits per heavy atom. The van der Waals surface area contributed by atoms with Gasteiger partial charge in [-0.05, 0) is 67.1 Å². The number of nitrogens with one attached hydrogen (secondary N) is 1. The summed E-state index contributed by atoms with van der Waals surface area (Å²) in [6, 6.07) is 10.2. The Bertz CT molecular complexity index is 1040. The summed E-state index contributed by atoms with van der Waals surface area (Å²) in [4.78, 5) is 18.2. The number of hydroxylamine groups is 1.